The van der Waals surface area contributed by atoms with Crippen LogP contribution in [0.25, 0.3) is 0 Å². The molecule has 6 rings (SSSR count). The standard InChI is InChI=1S/C25H30N2O4S/c1-31-22-9-7-21(8-10-22)27(32(29,30)23-5-3-2-4-6-23)17-24(28)26-25-14-18-11-19(15-25)13-20(12-18)16-25/h2-10,18-20H,11-17H2,1H3,(H,26,28). The van der Waals surface area contributed by atoms with E-state index in [9.17, 15) is 13.2 Å². The molecule has 0 heterocycles. The Hall–Kier alpha value is -2.54. The molecular formula is C25H30N2O4S. The summed E-state index contributed by atoms with van der Waals surface area (Å²) in [5, 5.41) is 3.30. The lowest BCUT2D eigenvalue weighted by Gasteiger charge is -2.57. The monoisotopic (exact) mass is 454 g/mol. The summed E-state index contributed by atoms with van der Waals surface area (Å²) in [5.41, 5.74) is 0.281. The van der Waals surface area contributed by atoms with E-state index in [1.807, 2.05) is 0 Å². The highest BCUT2D eigenvalue weighted by Gasteiger charge is 2.51. The second-order valence-electron chi connectivity index (χ2n) is 9.77. The number of carbonyl (C=O) groups is 1. The Morgan fingerprint density at radius 3 is 2.06 bits per heavy atom. The Kier molecular flexibility index (Phi) is 5.40. The molecule has 4 aliphatic rings. The van der Waals surface area contributed by atoms with Crippen molar-refractivity contribution < 1.29 is 17.9 Å². The Morgan fingerprint density at radius 1 is 0.969 bits per heavy atom. The van der Waals surface area contributed by atoms with Gasteiger partial charge in [0.15, 0.2) is 0 Å². The summed E-state index contributed by atoms with van der Waals surface area (Å²) in [7, 11) is -2.34. The Bertz CT molecular complexity index is 1050. The molecule has 4 aliphatic carbocycles. The van der Waals surface area contributed by atoms with Crippen LogP contribution in [0.2, 0.25) is 0 Å². The van der Waals surface area contributed by atoms with Gasteiger partial charge in [0.05, 0.1) is 17.7 Å². The fourth-order valence-corrected chi connectivity index (χ4v) is 7.95. The first-order chi connectivity index (χ1) is 15.4. The van der Waals surface area contributed by atoms with E-state index < -0.39 is 10.0 Å². The normalized spacial score (nSPS) is 28.3. The number of carbonyl (C=O) groups excluding carboxylic acids is 1. The molecule has 4 fully saturated rings. The van der Waals surface area contributed by atoms with Crippen LogP contribution in [0.1, 0.15) is 38.5 Å². The fraction of sp³-hybridized carbons (Fsp3) is 0.480. The summed E-state index contributed by atoms with van der Waals surface area (Å²) in [4.78, 5) is 13.4. The van der Waals surface area contributed by atoms with Crippen molar-refractivity contribution in [2.45, 2.75) is 49.0 Å². The van der Waals surface area contributed by atoms with Gasteiger partial charge in [0.1, 0.15) is 12.3 Å². The molecule has 4 bridgehead atoms. The molecule has 6 nitrogen and oxygen atoms in total. The van der Waals surface area contributed by atoms with Crippen molar-refractivity contribution in [1.82, 2.24) is 5.32 Å². The summed E-state index contributed by atoms with van der Waals surface area (Å²) in [6.07, 6.45) is 6.94. The van der Waals surface area contributed by atoms with Crippen LogP contribution >= 0.6 is 0 Å². The van der Waals surface area contributed by atoms with E-state index in [4.69, 9.17) is 4.74 Å². The molecule has 0 radical (unpaired) electrons. The van der Waals surface area contributed by atoms with Crippen molar-refractivity contribution in [1.29, 1.82) is 0 Å². The second kappa shape index (κ2) is 8.10. The minimum atomic E-state index is -3.90. The highest BCUT2D eigenvalue weighted by atomic mass is 32.2. The van der Waals surface area contributed by atoms with Gasteiger partial charge in [-0.05, 0) is 92.7 Å². The van der Waals surface area contributed by atoms with Crippen LogP contribution in [0.4, 0.5) is 5.69 Å². The van der Waals surface area contributed by atoms with E-state index in [1.54, 1.807) is 61.7 Å². The maximum absolute atomic E-state index is 13.5. The number of hydrogen-bond acceptors (Lipinski definition) is 4. The van der Waals surface area contributed by atoms with Crippen molar-refractivity contribution in [2.75, 3.05) is 18.0 Å². The molecule has 7 heteroatoms. The van der Waals surface area contributed by atoms with E-state index in [0.29, 0.717) is 29.2 Å². The maximum Gasteiger partial charge on any atom is 0.264 e. The number of ether oxygens (including phenoxy) is 1. The van der Waals surface area contributed by atoms with Crippen LogP contribution in [0.15, 0.2) is 59.5 Å². The van der Waals surface area contributed by atoms with Crippen molar-refractivity contribution in [3.05, 3.63) is 54.6 Å². The zero-order valence-electron chi connectivity index (χ0n) is 18.4. The van der Waals surface area contributed by atoms with Gasteiger partial charge in [-0.3, -0.25) is 9.10 Å². The van der Waals surface area contributed by atoms with Crippen molar-refractivity contribution in [2.24, 2.45) is 17.8 Å². The Balaban J connectivity index is 1.41. The molecule has 170 valence electrons. The number of benzene rings is 2. The molecule has 0 saturated heterocycles. The number of hydrogen-bond donors (Lipinski definition) is 1. The molecule has 2 aromatic rings. The van der Waals surface area contributed by atoms with Crippen molar-refractivity contribution >= 4 is 21.6 Å². The van der Waals surface area contributed by atoms with Gasteiger partial charge >= 0.3 is 0 Å². The predicted molar refractivity (Wildman–Crippen MR) is 123 cm³/mol. The molecule has 1 amide bonds. The smallest absolute Gasteiger partial charge is 0.264 e. The van der Waals surface area contributed by atoms with Gasteiger partial charge in [0.25, 0.3) is 10.0 Å². The highest BCUT2D eigenvalue weighted by Crippen LogP contribution is 2.55. The topological polar surface area (TPSA) is 75.7 Å². The van der Waals surface area contributed by atoms with Crippen LogP contribution in [0, 0.1) is 17.8 Å². The number of nitrogens with zero attached hydrogens (tertiary/aromatic N) is 1. The van der Waals surface area contributed by atoms with E-state index in [-0.39, 0.29) is 22.9 Å². The zero-order chi connectivity index (χ0) is 22.3. The van der Waals surface area contributed by atoms with Crippen LogP contribution in [-0.4, -0.2) is 33.5 Å². The third-order valence-corrected chi connectivity index (χ3v) is 9.21. The number of sulfonamides is 1. The summed E-state index contributed by atoms with van der Waals surface area (Å²) in [6, 6.07) is 15.0. The summed E-state index contributed by atoms with van der Waals surface area (Å²) in [6.45, 7) is -0.245. The first-order valence-electron chi connectivity index (χ1n) is 11.4. The molecule has 0 aromatic heterocycles. The number of rotatable bonds is 7. The molecule has 1 N–H and O–H groups in total. The maximum atomic E-state index is 13.5. The molecule has 2 aromatic carbocycles. The third kappa shape index (κ3) is 3.98. The first-order valence-corrected chi connectivity index (χ1v) is 12.8. The lowest BCUT2D eigenvalue weighted by molar-refractivity contribution is -0.125. The van der Waals surface area contributed by atoms with Gasteiger partial charge in [-0.15, -0.1) is 0 Å². The van der Waals surface area contributed by atoms with Gasteiger partial charge in [-0.2, -0.15) is 0 Å². The van der Waals surface area contributed by atoms with Gasteiger partial charge in [0, 0.05) is 5.54 Å². The molecular weight excluding hydrogens is 424 g/mol. The van der Waals surface area contributed by atoms with Crippen molar-refractivity contribution in [3.63, 3.8) is 0 Å². The lowest BCUT2D eigenvalue weighted by Crippen LogP contribution is -2.61. The summed E-state index contributed by atoms with van der Waals surface area (Å²) < 4.78 is 33.4. The third-order valence-electron chi connectivity index (χ3n) is 7.42. The molecule has 32 heavy (non-hydrogen) atoms. The number of nitrogens with one attached hydrogen (secondary N) is 1. The average Bonchev–Trinajstić information content (AvgIpc) is 2.77. The predicted octanol–water partition coefficient (Wildman–Crippen LogP) is 3.98. The minimum Gasteiger partial charge on any atom is -0.497 e. The molecule has 4 saturated carbocycles. The minimum absolute atomic E-state index is 0.159. The van der Waals surface area contributed by atoms with Crippen LogP contribution in [-0.2, 0) is 14.8 Å². The van der Waals surface area contributed by atoms with Crippen LogP contribution < -0.4 is 14.4 Å². The lowest BCUT2D eigenvalue weighted by atomic mass is 9.53. The quantitative estimate of drug-likeness (QED) is 0.687. The van der Waals surface area contributed by atoms with Gasteiger partial charge in [-0.25, -0.2) is 8.42 Å². The molecule has 0 atom stereocenters. The SMILES string of the molecule is COc1ccc(N(CC(=O)NC23CC4CC(CC(C4)C2)C3)S(=O)(=O)c2ccccc2)cc1. The number of anilines is 1. The van der Waals surface area contributed by atoms with Gasteiger partial charge in [-0.1, -0.05) is 18.2 Å². The van der Waals surface area contributed by atoms with Gasteiger partial charge in [0.2, 0.25) is 5.91 Å². The molecule has 0 spiro atoms. The van der Waals surface area contributed by atoms with E-state index in [1.165, 1.54) is 23.6 Å². The van der Waals surface area contributed by atoms with Gasteiger partial charge < -0.3 is 10.1 Å². The largest absolute Gasteiger partial charge is 0.497 e. The zero-order valence-corrected chi connectivity index (χ0v) is 19.2. The Labute approximate surface area is 190 Å². The summed E-state index contributed by atoms with van der Waals surface area (Å²) >= 11 is 0. The number of methoxy groups -OCH3 is 1. The fourth-order valence-electron chi connectivity index (χ4n) is 6.51. The molecule has 0 unspecified atom stereocenters. The second-order valence-corrected chi connectivity index (χ2v) is 11.6. The summed E-state index contributed by atoms with van der Waals surface area (Å²) in [5.74, 6) is 2.50. The van der Waals surface area contributed by atoms with Crippen LogP contribution in [0.5, 0.6) is 5.75 Å². The molecule has 0 aliphatic heterocycles. The van der Waals surface area contributed by atoms with Crippen LogP contribution in [0.3, 0.4) is 0 Å². The van der Waals surface area contributed by atoms with E-state index >= 15 is 0 Å². The Morgan fingerprint density at radius 2 is 1.53 bits per heavy atom. The first kappa shape index (κ1) is 21.3. The van der Waals surface area contributed by atoms with E-state index in [0.717, 1.165) is 19.3 Å². The average molecular weight is 455 g/mol. The number of amides is 1. The van der Waals surface area contributed by atoms with Crippen molar-refractivity contribution in [3.8, 4) is 5.75 Å². The highest BCUT2D eigenvalue weighted by molar-refractivity contribution is 7.92. The van der Waals surface area contributed by atoms with E-state index in [2.05, 4.69) is 5.32 Å².